The van der Waals surface area contributed by atoms with Crippen molar-refractivity contribution in [3.8, 4) is 6.07 Å². The van der Waals surface area contributed by atoms with Gasteiger partial charge in [0.1, 0.15) is 0 Å². The molecule has 1 aliphatic heterocycles. The summed E-state index contributed by atoms with van der Waals surface area (Å²) in [5.74, 6) is 0. The van der Waals surface area contributed by atoms with Crippen LogP contribution in [0.25, 0.3) is 0 Å². The first kappa shape index (κ1) is 17.9. The van der Waals surface area contributed by atoms with Crippen molar-refractivity contribution in [3.05, 3.63) is 35.4 Å². The number of aliphatic hydroxyl groups is 1. The van der Waals surface area contributed by atoms with E-state index in [0.29, 0.717) is 5.56 Å². The summed E-state index contributed by atoms with van der Waals surface area (Å²) in [5.41, 5.74) is 1.44. The topological polar surface area (TPSA) is 59.3 Å². The first-order valence-corrected chi connectivity index (χ1v) is 7.15. The average molecular weight is 310 g/mol. The van der Waals surface area contributed by atoms with Crippen molar-refractivity contribution < 1.29 is 5.11 Å². The van der Waals surface area contributed by atoms with Crippen molar-refractivity contribution >= 4 is 12.4 Å². The number of aliphatic hydroxyl groups excluding tert-OH is 1. The number of nitriles is 1. The third-order valence-corrected chi connectivity index (χ3v) is 4.04. The van der Waals surface area contributed by atoms with E-state index in [1.54, 1.807) is 0 Å². The van der Waals surface area contributed by atoms with Crippen LogP contribution in [0.3, 0.4) is 0 Å². The van der Waals surface area contributed by atoms with Gasteiger partial charge < -0.3 is 10.4 Å². The Morgan fingerprint density at radius 3 is 2.52 bits per heavy atom. The first-order chi connectivity index (χ1) is 9.60. The molecule has 1 aromatic rings. The fraction of sp³-hybridized carbons (Fsp3) is 0.562. The van der Waals surface area contributed by atoms with Crippen molar-refractivity contribution in [3.63, 3.8) is 0 Å². The van der Waals surface area contributed by atoms with E-state index in [1.807, 2.05) is 24.3 Å². The molecule has 0 spiro atoms. The lowest BCUT2D eigenvalue weighted by atomic mass is 9.78. The Balaban J connectivity index is 0.00000220. The fourth-order valence-electron chi connectivity index (χ4n) is 2.98. The molecule has 0 radical (unpaired) electrons. The van der Waals surface area contributed by atoms with Crippen LogP contribution >= 0.6 is 12.4 Å². The minimum atomic E-state index is -0.287. The molecule has 1 fully saturated rings. The first-order valence-electron chi connectivity index (χ1n) is 7.15. The highest BCUT2D eigenvalue weighted by molar-refractivity contribution is 5.85. The summed E-state index contributed by atoms with van der Waals surface area (Å²) in [7, 11) is 0. The third kappa shape index (κ3) is 3.96. The van der Waals surface area contributed by atoms with E-state index in [1.165, 1.54) is 0 Å². The standard InChI is InChI=1S/C16H23N3O.ClH/c1-16(2,12-20)15(19-9-7-18-8-10-19)14-6-4-3-5-13(14)11-17;/h3-6,15,18,20H,7-10,12H2,1-2H3;1H/t15-;/m1./s1. The molecule has 4 nitrogen and oxygen atoms in total. The molecule has 1 heterocycles. The number of benzene rings is 1. The highest BCUT2D eigenvalue weighted by Crippen LogP contribution is 2.39. The van der Waals surface area contributed by atoms with Gasteiger partial charge in [0.2, 0.25) is 0 Å². The van der Waals surface area contributed by atoms with Gasteiger partial charge in [0.15, 0.2) is 0 Å². The summed E-state index contributed by atoms with van der Waals surface area (Å²) in [6.07, 6.45) is 0. The van der Waals surface area contributed by atoms with Gasteiger partial charge >= 0.3 is 0 Å². The zero-order valence-corrected chi connectivity index (χ0v) is 13.5. The Hall–Kier alpha value is -1.12. The minimum absolute atomic E-state index is 0. The lowest BCUT2D eigenvalue weighted by molar-refractivity contribution is 0.0304. The van der Waals surface area contributed by atoms with Gasteiger partial charge in [-0.15, -0.1) is 12.4 Å². The van der Waals surface area contributed by atoms with Crippen LogP contribution < -0.4 is 5.32 Å². The van der Waals surface area contributed by atoms with Crippen LogP contribution in [0.2, 0.25) is 0 Å². The molecule has 1 atom stereocenters. The number of nitrogens with zero attached hydrogens (tertiary/aromatic N) is 2. The van der Waals surface area contributed by atoms with Crippen molar-refractivity contribution in [2.24, 2.45) is 5.41 Å². The van der Waals surface area contributed by atoms with Crippen molar-refractivity contribution in [1.29, 1.82) is 5.26 Å². The Labute approximate surface area is 133 Å². The van der Waals surface area contributed by atoms with Gasteiger partial charge in [0.25, 0.3) is 0 Å². The normalized spacial score (nSPS) is 17.6. The number of rotatable bonds is 4. The minimum Gasteiger partial charge on any atom is -0.396 e. The molecular weight excluding hydrogens is 286 g/mol. The molecule has 0 unspecified atom stereocenters. The third-order valence-electron chi connectivity index (χ3n) is 4.04. The second-order valence-corrected chi connectivity index (χ2v) is 6.03. The molecule has 0 bridgehead atoms. The number of piperazine rings is 1. The van der Waals surface area contributed by atoms with E-state index in [-0.39, 0.29) is 30.5 Å². The Morgan fingerprint density at radius 2 is 1.95 bits per heavy atom. The SMILES string of the molecule is CC(C)(CO)[C@@H](c1ccccc1C#N)N1CCNCC1.Cl. The van der Waals surface area contributed by atoms with Crippen LogP contribution in [0.5, 0.6) is 0 Å². The van der Waals surface area contributed by atoms with Crippen LogP contribution in [-0.2, 0) is 0 Å². The Morgan fingerprint density at radius 1 is 1.33 bits per heavy atom. The van der Waals surface area contributed by atoms with Gasteiger partial charge in [0, 0.05) is 44.2 Å². The van der Waals surface area contributed by atoms with Gasteiger partial charge in [-0.05, 0) is 11.6 Å². The second kappa shape index (κ2) is 7.77. The monoisotopic (exact) mass is 309 g/mol. The zero-order chi connectivity index (χ0) is 14.6. The predicted octanol–water partition coefficient (Wildman–Crippen LogP) is 1.94. The van der Waals surface area contributed by atoms with Gasteiger partial charge in [-0.2, -0.15) is 5.26 Å². The van der Waals surface area contributed by atoms with E-state index in [0.717, 1.165) is 31.7 Å². The molecule has 0 amide bonds. The largest absolute Gasteiger partial charge is 0.396 e. The maximum absolute atomic E-state index is 9.79. The maximum atomic E-state index is 9.79. The van der Waals surface area contributed by atoms with E-state index in [4.69, 9.17) is 0 Å². The highest BCUT2D eigenvalue weighted by Gasteiger charge is 2.36. The van der Waals surface area contributed by atoms with E-state index in [9.17, 15) is 10.4 Å². The number of halogens is 1. The maximum Gasteiger partial charge on any atom is 0.0995 e. The average Bonchev–Trinajstić information content (AvgIpc) is 2.49. The molecule has 21 heavy (non-hydrogen) atoms. The summed E-state index contributed by atoms with van der Waals surface area (Å²) >= 11 is 0. The lowest BCUT2D eigenvalue weighted by Gasteiger charge is -2.43. The van der Waals surface area contributed by atoms with E-state index >= 15 is 0 Å². The van der Waals surface area contributed by atoms with Crippen LogP contribution in [0.15, 0.2) is 24.3 Å². The van der Waals surface area contributed by atoms with Crippen molar-refractivity contribution in [2.75, 3.05) is 32.8 Å². The number of hydrogen-bond acceptors (Lipinski definition) is 4. The fourth-order valence-corrected chi connectivity index (χ4v) is 2.98. The number of nitrogens with one attached hydrogen (secondary N) is 1. The van der Waals surface area contributed by atoms with Gasteiger partial charge in [-0.25, -0.2) is 0 Å². The molecule has 0 aliphatic carbocycles. The second-order valence-electron chi connectivity index (χ2n) is 6.03. The zero-order valence-electron chi connectivity index (χ0n) is 12.7. The molecule has 2 N–H and O–H groups in total. The molecule has 116 valence electrons. The van der Waals surface area contributed by atoms with Crippen LogP contribution in [0.4, 0.5) is 0 Å². The van der Waals surface area contributed by atoms with Crippen LogP contribution in [0, 0.1) is 16.7 Å². The van der Waals surface area contributed by atoms with E-state index in [2.05, 4.69) is 30.1 Å². The smallest absolute Gasteiger partial charge is 0.0995 e. The van der Waals surface area contributed by atoms with Crippen LogP contribution in [0.1, 0.15) is 31.0 Å². The quantitative estimate of drug-likeness (QED) is 0.892. The van der Waals surface area contributed by atoms with Gasteiger partial charge in [0.05, 0.1) is 11.6 Å². The summed E-state index contributed by atoms with van der Waals surface area (Å²) < 4.78 is 0. The molecule has 2 rings (SSSR count). The number of hydrogen-bond donors (Lipinski definition) is 2. The summed E-state index contributed by atoms with van der Waals surface area (Å²) in [5, 5.41) is 22.5. The molecule has 5 heteroatoms. The predicted molar refractivity (Wildman–Crippen MR) is 86.5 cm³/mol. The molecular formula is C16H24ClN3O. The summed E-state index contributed by atoms with van der Waals surface area (Å²) in [4.78, 5) is 2.38. The van der Waals surface area contributed by atoms with Gasteiger partial charge in [-0.3, -0.25) is 4.90 Å². The van der Waals surface area contributed by atoms with Gasteiger partial charge in [-0.1, -0.05) is 32.0 Å². The van der Waals surface area contributed by atoms with Crippen molar-refractivity contribution in [1.82, 2.24) is 10.2 Å². The molecule has 0 aromatic heterocycles. The molecule has 0 saturated carbocycles. The molecule has 1 saturated heterocycles. The summed E-state index contributed by atoms with van der Waals surface area (Å²) in [6.45, 7) is 8.00. The van der Waals surface area contributed by atoms with Crippen LogP contribution in [-0.4, -0.2) is 42.8 Å². The summed E-state index contributed by atoms with van der Waals surface area (Å²) in [6, 6.07) is 10.1. The van der Waals surface area contributed by atoms with Crippen molar-refractivity contribution in [2.45, 2.75) is 19.9 Å². The molecule has 1 aliphatic rings. The Kier molecular flexibility index (Phi) is 6.63. The Bertz CT molecular complexity index is 493. The highest BCUT2D eigenvalue weighted by atomic mass is 35.5. The molecule has 1 aromatic carbocycles. The van der Waals surface area contributed by atoms with E-state index < -0.39 is 0 Å². The lowest BCUT2D eigenvalue weighted by Crippen LogP contribution is -2.49.